The van der Waals surface area contributed by atoms with E-state index in [9.17, 15) is 95.8 Å². The van der Waals surface area contributed by atoms with Gasteiger partial charge in [0, 0.05) is 0 Å². The molecule has 588 valence electrons. The van der Waals surface area contributed by atoms with Crippen LogP contribution in [0.4, 0.5) is 0 Å². The number of hydrogen-bond donors (Lipinski definition) is 15. The van der Waals surface area contributed by atoms with Gasteiger partial charge in [-0.15, -0.1) is 0 Å². The first-order chi connectivity index (χ1) is 47.6. The molecule has 6 fully saturated rings. The molecule has 0 aromatic heterocycles. The van der Waals surface area contributed by atoms with Crippen molar-refractivity contribution in [1.29, 1.82) is 0 Å². The van der Waals surface area contributed by atoms with E-state index in [1.165, 1.54) is 69.4 Å². The van der Waals surface area contributed by atoms with Gasteiger partial charge in [-0.1, -0.05) is 59.3 Å². The number of methoxy groups -OCH3 is 1. The molecule has 6 aliphatic rings. The lowest BCUT2D eigenvalue weighted by Gasteiger charge is -2.50. The Kier molecular flexibility index (Phi) is 34.4. The molecule has 6 heterocycles. The summed E-state index contributed by atoms with van der Waals surface area (Å²) in [5.74, 6) is -6.24. The molecule has 0 radical (unpaired) electrons. The van der Waals surface area contributed by atoms with Crippen LogP contribution in [0.15, 0.2) is 0 Å². The van der Waals surface area contributed by atoms with E-state index in [1.54, 1.807) is 6.92 Å². The SMILES string of the molecule is CCCC(CCCCCCCC(O)CC(=O)OC)OC1OC(COC2OC(C)C(O)C(O)C2O)C(O)C(O)C1OC1OC(CO)C(O)C(O)C1OC1OC(C)C(OC2OC(C)C(OC(=O)C(C)C(C)OC(=O)C(C)C(C)O)C(OC3OC(C)C(O)C(O)C3O)C2O)C(OC(=O)C(C)CC)C1O. The predicted molar refractivity (Wildman–Crippen MR) is 339 cm³/mol. The third-order valence-electron chi connectivity index (χ3n) is 19.8. The first-order valence-corrected chi connectivity index (χ1v) is 35.2. The summed E-state index contributed by atoms with van der Waals surface area (Å²) >= 11 is 0. The summed E-state index contributed by atoms with van der Waals surface area (Å²) in [6, 6.07) is 0. The Morgan fingerprint density at radius 3 is 1.49 bits per heavy atom. The molecule has 6 rings (SSSR count). The Hall–Kier alpha value is -3.20. The number of aliphatic hydroxyl groups is 15. The molecule has 0 spiro atoms. The zero-order chi connectivity index (χ0) is 75.2. The van der Waals surface area contributed by atoms with E-state index in [2.05, 4.69) is 4.74 Å². The largest absolute Gasteiger partial charge is 0.469 e. The van der Waals surface area contributed by atoms with E-state index in [-0.39, 0.29) is 12.8 Å². The van der Waals surface area contributed by atoms with E-state index < -0.39 is 263 Å². The quantitative estimate of drug-likeness (QED) is 0.0167. The van der Waals surface area contributed by atoms with Crippen LogP contribution >= 0.6 is 0 Å². The second kappa shape index (κ2) is 40.1. The van der Waals surface area contributed by atoms with Gasteiger partial charge in [0.05, 0.1) is 87.2 Å². The fourth-order valence-electron chi connectivity index (χ4n) is 12.4. The number of ether oxygens (including phenoxy) is 16. The normalized spacial score (nSPS) is 41.4. The summed E-state index contributed by atoms with van der Waals surface area (Å²) in [6.07, 6.45) is -51.1. The minimum absolute atomic E-state index is 0.123. The number of rotatable bonds is 35. The van der Waals surface area contributed by atoms with Crippen LogP contribution in [0, 0.1) is 17.8 Å². The summed E-state index contributed by atoms with van der Waals surface area (Å²) in [5.41, 5.74) is 0. The molecule has 15 N–H and O–H groups in total. The van der Waals surface area contributed by atoms with Crippen LogP contribution in [-0.4, -0.2) is 329 Å². The molecule has 0 bridgehead atoms. The lowest BCUT2D eigenvalue weighted by Crippen LogP contribution is -2.68. The number of aliphatic hydroxyl groups excluding tert-OH is 15. The van der Waals surface area contributed by atoms with Crippen molar-refractivity contribution in [3.8, 4) is 0 Å². The van der Waals surface area contributed by atoms with E-state index in [0.717, 1.165) is 12.8 Å². The van der Waals surface area contributed by atoms with Crippen molar-refractivity contribution in [2.45, 2.75) is 355 Å². The molecule has 35 heteroatoms. The van der Waals surface area contributed by atoms with Gasteiger partial charge < -0.3 is 152 Å². The molecule has 37 atom stereocenters. The van der Waals surface area contributed by atoms with Gasteiger partial charge in [0.25, 0.3) is 0 Å². The highest BCUT2D eigenvalue weighted by atomic mass is 16.8. The second-order valence-electron chi connectivity index (χ2n) is 27.6. The molecule has 0 aromatic carbocycles. The minimum atomic E-state index is -2.17. The van der Waals surface area contributed by atoms with Gasteiger partial charge in [-0.3, -0.25) is 19.2 Å². The first kappa shape index (κ1) is 86.7. The Morgan fingerprint density at radius 1 is 0.436 bits per heavy atom. The number of carbonyl (C=O) groups is 4. The van der Waals surface area contributed by atoms with Crippen molar-refractivity contribution in [3.05, 3.63) is 0 Å². The number of hydrogen-bond acceptors (Lipinski definition) is 35. The lowest BCUT2D eigenvalue weighted by atomic mass is 9.95. The van der Waals surface area contributed by atoms with Gasteiger partial charge in [0.1, 0.15) is 116 Å². The van der Waals surface area contributed by atoms with Crippen LogP contribution < -0.4 is 0 Å². The average Bonchev–Trinajstić information content (AvgIpc) is 0.772. The third-order valence-corrected chi connectivity index (χ3v) is 19.8. The fraction of sp³-hybridized carbons (Fsp3) is 0.939. The monoisotopic (exact) mass is 1470 g/mol. The van der Waals surface area contributed by atoms with Gasteiger partial charge in [0.15, 0.2) is 49.9 Å². The standard InChI is InChI=1S/C66H114O35/c1-13-20-36(22-19-17-15-16-18-21-35(69)23-39(70)86-12)93-65-56(47(78)43(74)38(95-65)25-87-61-48(79)44(75)40(71)31(8)89-61)101-66-57(46(77)42(73)37(24-67)94-66)100-64-50(81)54(97-58(83)26(3)14-2)53(34(11)92-64)98-63-51(82)55(99-62-49(80)45(76)41(72)32(9)90-62)52(33(10)91-63)96-60(85)28(5)30(7)88-59(84)27(4)29(6)68/h26-38,40-57,61-69,71-82H,13-25H2,1-12H3. The lowest BCUT2D eigenvalue weighted by molar-refractivity contribution is -0.403. The molecule has 0 aliphatic carbocycles. The van der Waals surface area contributed by atoms with Gasteiger partial charge in [-0.25, -0.2) is 0 Å². The zero-order valence-electron chi connectivity index (χ0n) is 59.4. The summed E-state index contributed by atoms with van der Waals surface area (Å²) in [6.45, 7) is 14.6. The molecule has 0 aromatic rings. The van der Waals surface area contributed by atoms with Crippen LogP contribution in [0.2, 0.25) is 0 Å². The Morgan fingerprint density at radius 2 is 0.911 bits per heavy atom. The maximum atomic E-state index is 13.9. The highest BCUT2D eigenvalue weighted by molar-refractivity contribution is 5.76. The van der Waals surface area contributed by atoms with Crippen LogP contribution in [0.25, 0.3) is 0 Å². The first-order valence-electron chi connectivity index (χ1n) is 35.2. The Labute approximate surface area is 587 Å². The molecule has 0 amide bonds. The van der Waals surface area contributed by atoms with Gasteiger partial charge in [-0.2, -0.15) is 0 Å². The molecular weight excluding hydrogens is 1350 g/mol. The van der Waals surface area contributed by atoms with Crippen LogP contribution in [0.1, 0.15) is 147 Å². The van der Waals surface area contributed by atoms with E-state index in [4.69, 9.17) is 71.1 Å². The molecule has 101 heavy (non-hydrogen) atoms. The van der Waals surface area contributed by atoms with E-state index >= 15 is 0 Å². The fourth-order valence-corrected chi connectivity index (χ4v) is 12.4. The second-order valence-corrected chi connectivity index (χ2v) is 27.6. The number of carbonyl (C=O) groups excluding carboxylic acids is 4. The van der Waals surface area contributed by atoms with Crippen molar-refractivity contribution < 1.29 is 172 Å². The van der Waals surface area contributed by atoms with Crippen molar-refractivity contribution in [3.63, 3.8) is 0 Å². The summed E-state index contributed by atoms with van der Waals surface area (Å²) in [7, 11) is 1.24. The molecule has 37 unspecified atom stereocenters. The van der Waals surface area contributed by atoms with Gasteiger partial charge >= 0.3 is 23.9 Å². The smallest absolute Gasteiger partial charge is 0.312 e. The van der Waals surface area contributed by atoms with Gasteiger partial charge in [0.2, 0.25) is 0 Å². The maximum Gasteiger partial charge on any atom is 0.312 e. The van der Waals surface area contributed by atoms with Crippen molar-refractivity contribution in [1.82, 2.24) is 0 Å². The number of esters is 4. The highest BCUT2D eigenvalue weighted by Crippen LogP contribution is 2.39. The molecule has 6 aliphatic heterocycles. The zero-order valence-corrected chi connectivity index (χ0v) is 59.4. The van der Waals surface area contributed by atoms with Crippen molar-refractivity contribution in [2.75, 3.05) is 20.3 Å². The predicted octanol–water partition coefficient (Wildman–Crippen LogP) is -3.41. The Bertz CT molecular complexity index is 2490. The molecule has 35 nitrogen and oxygen atoms in total. The van der Waals surface area contributed by atoms with Crippen molar-refractivity contribution in [2.24, 2.45) is 17.8 Å². The van der Waals surface area contributed by atoms with Crippen molar-refractivity contribution >= 4 is 23.9 Å². The Balaban J connectivity index is 1.27. The minimum Gasteiger partial charge on any atom is -0.469 e. The van der Waals surface area contributed by atoms with E-state index in [1.807, 2.05) is 6.92 Å². The average molecular weight is 1470 g/mol. The van der Waals surface area contributed by atoms with E-state index in [0.29, 0.717) is 44.9 Å². The molecular formula is C66H114O35. The topological polar surface area (TPSA) is 519 Å². The summed E-state index contributed by atoms with van der Waals surface area (Å²) in [4.78, 5) is 52.2. The van der Waals surface area contributed by atoms with Gasteiger partial charge in [-0.05, 0) is 81.1 Å². The summed E-state index contributed by atoms with van der Waals surface area (Å²) in [5, 5.41) is 167. The highest BCUT2D eigenvalue weighted by Gasteiger charge is 2.59. The third kappa shape index (κ3) is 22.5. The van der Waals surface area contributed by atoms with Crippen LogP contribution in [0.3, 0.4) is 0 Å². The maximum absolute atomic E-state index is 13.9. The van der Waals surface area contributed by atoms with Crippen LogP contribution in [0.5, 0.6) is 0 Å². The number of unbranched alkanes of at least 4 members (excludes halogenated alkanes) is 4. The summed E-state index contributed by atoms with van der Waals surface area (Å²) < 4.78 is 95.8. The molecule has 0 saturated carbocycles. The van der Waals surface area contributed by atoms with Crippen LogP contribution in [-0.2, 0) is 95.0 Å². The molecule has 6 saturated heterocycles.